The standard InChI is InChI=1S/C18H20N4O2/c23-17(19-11-13-4-2-1-3-5-13)15-10-16-18(24)21(12-14-6-7-14)8-9-22(16)20-15/h1-5,10,14H,6-9,11-12H2,(H,19,23). The second-order valence-electron chi connectivity index (χ2n) is 6.50. The van der Waals surface area contributed by atoms with Crippen LogP contribution in [0.4, 0.5) is 0 Å². The molecular formula is C18H20N4O2. The molecule has 0 spiro atoms. The molecule has 1 aliphatic heterocycles. The first-order valence-corrected chi connectivity index (χ1v) is 8.40. The van der Waals surface area contributed by atoms with E-state index in [1.165, 1.54) is 12.8 Å². The SMILES string of the molecule is O=C(NCc1ccccc1)c1cc2n(n1)CCN(CC1CC1)C2=O. The highest BCUT2D eigenvalue weighted by Gasteiger charge is 2.32. The van der Waals surface area contributed by atoms with E-state index in [1.54, 1.807) is 10.7 Å². The van der Waals surface area contributed by atoms with Crippen molar-refractivity contribution >= 4 is 11.8 Å². The molecule has 1 aliphatic carbocycles. The van der Waals surface area contributed by atoms with Crippen LogP contribution in [0.1, 0.15) is 39.4 Å². The summed E-state index contributed by atoms with van der Waals surface area (Å²) in [6.07, 6.45) is 2.44. The fourth-order valence-corrected chi connectivity index (χ4v) is 3.00. The van der Waals surface area contributed by atoms with Crippen LogP contribution in [0.25, 0.3) is 0 Å². The monoisotopic (exact) mass is 324 g/mol. The minimum Gasteiger partial charge on any atom is -0.347 e. The molecule has 0 radical (unpaired) electrons. The molecule has 24 heavy (non-hydrogen) atoms. The summed E-state index contributed by atoms with van der Waals surface area (Å²) in [7, 11) is 0. The Balaban J connectivity index is 1.43. The van der Waals surface area contributed by atoms with Crippen LogP contribution in [0.3, 0.4) is 0 Å². The van der Waals surface area contributed by atoms with Gasteiger partial charge in [0.15, 0.2) is 5.69 Å². The molecule has 2 aromatic rings. The van der Waals surface area contributed by atoms with Gasteiger partial charge in [-0.25, -0.2) is 0 Å². The maximum Gasteiger partial charge on any atom is 0.272 e. The topological polar surface area (TPSA) is 67.2 Å². The first-order chi connectivity index (χ1) is 11.7. The fraction of sp³-hybridized carbons (Fsp3) is 0.389. The lowest BCUT2D eigenvalue weighted by Crippen LogP contribution is -2.41. The Bertz CT molecular complexity index is 765. The molecule has 2 amide bonds. The highest BCUT2D eigenvalue weighted by Crippen LogP contribution is 2.30. The largest absolute Gasteiger partial charge is 0.347 e. The van der Waals surface area contributed by atoms with Crippen LogP contribution < -0.4 is 5.32 Å². The van der Waals surface area contributed by atoms with E-state index >= 15 is 0 Å². The number of aromatic nitrogens is 2. The van der Waals surface area contributed by atoms with E-state index in [0.717, 1.165) is 12.1 Å². The molecule has 0 bridgehead atoms. The molecule has 124 valence electrons. The smallest absolute Gasteiger partial charge is 0.272 e. The minimum absolute atomic E-state index is 0.0113. The van der Waals surface area contributed by atoms with E-state index in [9.17, 15) is 9.59 Å². The average molecular weight is 324 g/mol. The second-order valence-corrected chi connectivity index (χ2v) is 6.50. The third kappa shape index (κ3) is 3.04. The van der Waals surface area contributed by atoms with Gasteiger partial charge in [-0.1, -0.05) is 30.3 Å². The summed E-state index contributed by atoms with van der Waals surface area (Å²) in [4.78, 5) is 26.7. The van der Waals surface area contributed by atoms with Crippen molar-refractivity contribution in [3.63, 3.8) is 0 Å². The molecule has 0 unspecified atom stereocenters. The number of amides is 2. The second kappa shape index (κ2) is 6.11. The number of benzene rings is 1. The van der Waals surface area contributed by atoms with E-state index < -0.39 is 0 Å². The van der Waals surface area contributed by atoms with Gasteiger partial charge in [-0.15, -0.1) is 0 Å². The third-order valence-corrected chi connectivity index (χ3v) is 4.57. The van der Waals surface area contributed by atoms with Gasteiger partial charge in [-0.3, -0.25) is 14.3 Å². The van der Waals surface area contributed by atoms with E-state index in [2.05, 4.69) is 10.4 Å². The summed E-state index contributed by atoms with van der Waals surface area (Å²) in [5.74, 6) is 0.405. The van der Waals surface area contributed by atoms with Gasteiger partial charge in [0, 0.05) is 25.7 Å². The number of hydrogen-bond acceptors (Lipinski definition) is 3. The zero-order chi connectivity index (χ0) is 16.5. The number of carbonyl (C=O) groups is 2. The summed E-state index contributed by atoms with van der Waals surface area (Å²) in [5.41, 5.74) is 1.86. The van der Waals surface area contributed by atoms with Crippen LogP contribution in [0.2, 0.25) is 0 Å². The minimum atomic E-state index is -0.248. The number of carbonyl (C=O) groups excluding carboxylic acids is 2. The number of nitrogens with zero attached hydrogens (tertiary/aromatic N) is 3. The van der Waals surface area contributed by atoms with Crippen molar-refractivity contribution < 1.29 is 9.59 Å². The normalized spacial score (nSPS) is 16.8. The van der Waals surface area contributed by atoms with Crippen LogP contribution in [0, 0.1) is 5.92 Å². The molecule has 1 aromatic carbocycles. The van der Waals surface area contributed by atoms with Gasteiger partial charge in [0.25, 0.3) is 11.8 Å². The van der Waals surface area contributed by atoms with Crippen LogP contribution in [-0.2, 0) is 13.1 Å². The molecule has 0 atom stereocenters. The lowest BCUT2D eigenvalue weighted by Gasteiger charge is -2.27. The summed E-state index contributed by atoms with van der Waals surface area (Å²) in [5, 5.41) is 7.15. The lowest BCUT2D eigenvalue weighted by molar-refractivity contribution is 0.0688. The van der Waals surface area contributed by atoms with Crippen molar-refractivity contribution in [3.8, 4) is 0 Å². The van der Waals surface area contributed by atoms with Gasteiger partial charge in [0.2, 0.25) is 0 Å². The van der Waals surface area contributed by atoms with Crippen LogP contribution in [0.15, 0.2) is 36.4 Å². The average Bonchev–Trinajstić information content (AvgIpc) is 3.31. The Morgan fingerprint density at radius 3 is 2.75 bits per heavy atom. The lowest BCUT2D eigenvalue weighted by atomic mass is 10.2. The van der Waals surface area contributed by atoms with Crippen molar-refractivity contribution in [2.24, 2.45) is 5.92 Å². The molecule has 1 N–H and O–H groups in total. The zero-order valence-corrected chi connectivity index (χ0v) is 13.4. The first-order valence-electron chi connectivity index (χ1n) is 8.40. The van der Waals surface area contributed by atoms with Crippen molar-refractivity contribution in [1.82, 2.24) is 20.0 Å². The Morgan fingerprint density at radius 1 is 1.21 bits per heavy atom. The van der Waals surface area contributed by atoms with Crippen LogP contribution >= 0.6 is 0 Å². The van der Waals surface area contributed by atoms with Gasteiger partial charge in [0.05, 0.1) is 6.54 Å². The first kappa shape index (κ1) is 14.9. The highest BCUT2D eigenvalue weighted by atomic mass is 16.2. The van der Waals surface area contributed by atoms with E-state index in [1.807, 2.05) is 35.2 Å². The summed E-state index contributed by atoms with van der Waals surface area (Å²) < 4.78 is 1.66. The van der Waals surface area contributed by atoms with Crippen molar-refractivity contribution in [1.29, 1.82) is 0 Å². The highest BCUT2D eigenvalue weighted by molar-refractivity contribution is 5.98. The third-order valence-electron chi connectivity index (χ3n) is 4.57. The Labute approximate surface area is 140 Å². The summed E-state index contributed by atoms with van der Waals surface area (Å²) in [6.45, 7) is 2.61. The molecule has 6 heteroatoms. The van der Waals surface area contributed by atoms with E-state index in [-0.39, 0.29) is 11.8 Å². The fourth-order valence-electron chi connectivity index (χ4n) is 3.00. The molecule has 1 fully saturated rings. The predicted molar refractivity (Wildman–Crippen MR) is 88.5 cm³/mol. The summed E-state index contributed by atoms with van der Waals surface area (Å²) >= 11 is 0. The van der Waals surface area contributed by atoms with Gasteiger partial charge < -0.3 is 10.2 Å². The number of hydrogen-bond donors (Lipinski definition) is 1. The Kier molecular flexibility index (Phi) is 3.80. The molecule has 2 heterocycles. The number of rotatable bonds is 5. The molecule has 4 rings (SSSR count). The Morgan fingerprint density at radius 2 is 2.00 bits per heavy atom. The van der Waals surface area contributed by atoms with E-state index in [0.29, 0.717) is 36.9 Å². The Hall–Kier alpha value is -2.63. The number of fused-ring (bicyclic) bond motifs is 1. The molecule has 2 aliphatic rings. The van der Waals surface area contributed by atoms with Crippen molar-refractivity contribution in [2.75, 3.05) is 13.1 Å². The van der Waals surface area contributed by atoms with E-state index in [4.69, 9.17) is 0 Å². The quantitative estimate of drug-likeness (QED) is 0.910. The van der Waals surface area contributed by atoms with Crippen molar-refractivity contribution in [2.45, 2.75) is 25.9 Å². The van der Waals surface area contributed by atoms with Gasteiger partial charge >= 0.3 is 0 Å². The van der Waals surface area contributed by atoms with Gasteiger partial charge in [-0.05, 0) is 24.3 Å². The number of nitrogens with one attached hydrogen (secondary N) is 1. The molecule has 1 saturated carbocycles. The molecule has 6 nitrogen and oxygen atoms in total. The zero-order valence-electron chi connectivity index (χ0n) is 13.4. The predicted octanol–water partition coefficient (Wildman–Crippen LogP) is 1.68. The maximum atomic E-state index is 12.5. The van der Waals surface area contributed by atoms with Crippen LogP contribution in [0.5, 0.6) is 0 Å². The maximum absolute atomic E-state index is 12.5. The molecule has 0 saturated heterocycles. The summed E-state index contributed by atoms with van der Waals surface area (Å²) in [6, 6.07) is 11.3. The van der Waals surface area contributed by atoms with Crippen molar-refractivity contribution in [3.05, 3.63) is 53.3 Å². The van der Waals surface area contributed by atoms with Crippen LogP contribution in [-0.4, -0.2) is 39.6 Å². The van der Waals surface area contributed by atoms with Gasteiger partial charge in [-0.2, -0.15) is 5.10 Å². The van der Waals surface area contributed by atoms with Gasteiger partial charge in [0.1, 0.15) is 5.69 Å². The molecule has 1 aromatic heterocycles. The molecular weight excluding hydrogens is 304 g/mol.